The topological polar surface area (TPSA) is 58.6 Å². The van der Waals surface area contributed by atoms with E-state index in [1.807, 2.05) is 0 Å². The summed E-state index contributed by atoms with van der Waals surface area (Å²) in [6, 6.07) is 3.93. The number of hydrogen-bond acceptors (Lipinski definition) is 3. The lowest BCUT2D eigenvalue weighted by Gasteiger charge is -2.19. The molecule has 0 heterocycles. The monoisotopic (exact) mass is 279 g/mol. The highest BCUT2D eigenvalue weighted by Gasteiger charge is 2.15. The van der Waals surface area contributed by atoms with Crippen molar-refractivity contribution >= 4 is 6.09 Å². The van der Waals surface area contributed by atoms with Crippen molar-refractivity contribution in [2.45, 2.75) is 32.8 Å². The average Bonchev–Trinajstić information content (AvgIpc) is 2.31. The van der Waals surface area contributed by atoms with E-state index in [1.54, 1.807) is 20.8 Å². The SMILES string of the molecule is CC(C)(C)OC(=O)NCCC#Cc1ccc(O)c(F)c1. The molecule has 5 heteroatoms. The van der Waals surface area contributed by atoms with Crippen LogP contribution in [0.15, 0.2) is 18.2 Å². The van der Waals surface area contributed by atoms with E-state index in [9.17, 15) is 9.18 Å². The van der Waals surface area contributed by atoms with E-state index in [1.165, 1.54) is 12.1 Å². The number of nitrogens with one attached hydrogen (secondary N) is 1. The van der Waals surface area contributed by atoms with Gasteiger partial charge in [-0.2, -0.15) is 0 Å². The van der Waals surface area contributed by atoms with Crippen LogP contribution in [-0.2, 0) is 4.74 Å². The number of carbonyl (C=O) groups excluding carboxylic acids is 1. The zero-order chi connectivity index (χ0) is 15.2. The van der Waals surface area contributed by atoms with Crippen LogP contribution in [0.1, 0.15) is 32.8 Å². The van der Waals surface area contributed by atoms with Gasteiger partial charge in [-0.3, -0.25) is 0 Å². The number of rotatable bonds is 2. The van der Waals surface area contributed by atoms with E-state index in [2.05, 4.69) is 17.2 Å². The normalized spacial score (nSPS) is 10.4. The van der Waals surface area contributed by atoms with Crippen LogP contribution in [0.2, 0.25) is 0 Å². The molecule has 0 aliphatic carbocycles. The number of hydrogen-bond donors (Lipinski definition) is 2. The van der Waals surface area contributed by atoms with Crippen LogP contribution in [-0.4, -0.2) is 23.3 Å². The number of benzene rings is 1. The molecule has 0 saturated carbocycles. The van der Waals surface area contributed by atoms with E-state index in [-0.39, 0.29) is 0 Å². The van der Waals surface area contributed by atoms with Gasteiger partial charge in [0.15, 0.2) is 11.6 Å². The Kier molecular flexibility index (Phi) is 5.39. The highest BCUT2D eigenvalue weighted by atomic mass is 19.1. The van der Waals surface area contributed by atoms with Crippen LogP contribution >= 0.6 is 0 Å². The molecule has 0 aliphatic heterocycles. The smallest absolute Gasteiger partial charge is 0.407 e. The Hall–Kier alpha value is -2.22. The Balaban J connectivity index is 2.36. The highest BCUT2D eigenvalue weighted by Crippen LogP contribution is 2.15. The molecule has 1 rings (SSSR count). The Morgan fingerprint density at radius 3 is 2.75 bits per heavy atom. The number of aromatic hydroxyl groups is 1. The first-order chi connectivity index (χ1) is 9.28. The van der Waals surface area contributed by atoms with Crippen LogP contribution < -0.4 is 5.32 Å². The Morgan fingerprint density at radius 1 is 1.45 bits per heavy atom. The molecular formula is C15H18FNO3. The van der Waals surface area contributed by atoms with Crippen molar-refractivity contribution in [2.75, 3.05) is 6.54 Å². The molecule has 0 spiro atoms. The number of amides is 1. The largest absolute Gasteiger partial charge is 0.505 e. The maximum atomic E-state index is 13.0. The Labute approximate surface area is 117 Å². The quantitative estimate of drug-likeness (QED) is 0.646. The van der Waals surface area contributed by atoms with Crippen molar-refractivity contribution in [3.63, 3.8) is 0 Å². The molecule has 0 bridgehead atoms. The van der Waals surface area contributed by atoms with Gasteiger partial charge in [-0.05, 0) is 39.0 Å². The fourth-order valence-electron chi connectivity index (χ4n) is 1.29. The molecule has 0 unspecified atom stereocenters. The predicted molar refractivity (Wildman–Crippen MR) is 73.8 cm³/mol. The van der Waals surface area contributed by atoms with E-state index in [0.717, 1.165) is 6.07 Å². The van der Waals surface area contributed by atoms with Gasteiger partial charge in [0.05, 0.1) is 0 Å². The molecule has 20 heavy (non-hydrogen) atoms. The summed E-state index contributed by atoms with van der Waals surface area (Å²) in [5.41, 5.74) is -0.0585. The zero-order valence-electron chi connectivity index (χ0n) is 11.8. The minimum Gasteiger partial charge on any atom is -0.505 e. The second-order valence-electron chi connectivity index (χ2n) is 5.15. The molecule has 0 aromatic heterocycles. The van der Waals surface area contributed by atoms with Crippen LogP contribution in [0, 0.1) is 17.7 Å². The standard InChI is InChI=1S/C15H18FNO3/c1-15(2,3)20-14(19)17-9-5-4-6-11-7-8-13(18)12(16)10-11/h7-8,10,18H,5,9H2,1-3H3,(H,17,19). The summed E-state index contributed by atoms with van der Waals surface area (Å²) < 4.78 is 18.1. The third-order valence-electron chi connectivity index (χ3n) is 2.10. The Bertz CT molecular complexity index is 538. The molecule has 1 aromatic carbocycles. The molecule has 0 aliphatic rings. The van der Waals surface area contributed by atoms with Crippen molar-refractivity contribution in [1.29, 1.82) is 0 Å². The molecule has 0 saturated heterocycles. The van der Waals surface area contributed by atoms with Gasteiger partial charge >= 0.3 is 6.09 Å². The van der Waals surface area contributed by atoms with Crippen LogP contribution in [0.3, 0.4) is 0 Å². The van der Waals surface area contributed by atoms with E-state index >= 15 is 0 Å². The van der Waals surface area contributed by atoms with Gasteiger partial charge in [0.25, 0.3) is 0 Å². The fourth-order valence-corrected chi connectivity index (χ4v) is 1.29. The van der Waals surface area contributed by atoms with E-state index in [0.29, 0.717) is 18.5 Å². The summed E-state index contributed by atoms with van der Waals surface area (Å²) in [7, 11) is 0. The molecule has 4 nitrogen and oxygen atoms in total. The number of phenolic OH excluding ortho intramolecular Hbond substituents is 1. The van der Waals surface area contributed by atoms with Crippen molar-refractivity contribution in [3.05, 3.63) is 29.6 Å². The van der Waals surface area contributed by atoms with Gasteiger partial charge in [0.1, 0.15) is 5.60 Å². The summed E-state index contributed by atoms with van der Waals surface area (Å²) in [6.45, 7) is 5.70. The first-order valence-corrected chi connectivity index (χ1v) is 6.22. The first-order valence-electron chi connectivity index (χ1n) is 6.22. The average molecular weight is 279 g/mol. The Morgan fingerprint density at radius 2 is 2.15 bits per heavy atom. The molecule has 2 N–H and O–H groups in total. The summed E-state index contributed by atoms with van der Waals surface area (Å²) in [5, 5.41) is 11.6. The summed E-state index contributed by atoms with van der Waals surface area (Å²) in [5.74, 6) is 4.43. The summed E-state index contributed by atoms with van der Waals surface area (Å²) in [4.78, 5) is 11.3. The molecule has 1 amide bonds. The predicted octanol–water partition coefficient (Wildman–Crippen LogP) is 2.80. The van der Waals surface area contributed by atoms with Gasteiger partial charge in [0, 0.05) is 18.5 Å². The summed E-state index contributed by atoms with van der Waals surface area (Å²) >= 11 is 0. The van der Waals surface area contributed by atoms with Gasteiger partial charge in [0.2, 0.25) is 0 Å². The second kappa shape index (κ2) is 6.80. The highest BCUT2D eigenvalue weighted by molar-refractivity contribution is 5.67. The van der Waals surface area contributed by atoms with Crippen molar-refractivity contribution < 1.29 is 19.0 Å². The van der Waals surface area contributed by atoms with Gasteiger partial charge in [-0.15, -0.1) is 0 Å². The van der Waals surface area contributed by atoms with E-state index in [4.69, 9.17) is 9.84 Å². The minimum absolute atomic E-state index is 0.350. The van der Waals surface area contributed by atoms with Gasteiger partial charge in [-0.25, -0.2) is 9.18 Å². The van der Waals surface area contributed by atoms with Crippen molar-refractivity contribution in [1.82, 2.24) is 5.32 Å². The number of phenols is 1. The molecular weight excluding hydrogens is 261 g/mol. The van der Waals surface area contributed by atoms with Crippen LogP contribution in [0.25, 0.3) is 0 Å². The fraction of sp³-hybridized carbons (Fsp3) is 0.400. The lowest BCUT2D eigenvalue weighted by Crippen LogP contribution is -2.32. The van der Waals surface area contributed by atoms with Crippen molar-refractivity contribution in [3.8, 4) is 17.6 Å². The maximum Gasteiger partial charge on any atom is 0.407 e. The lowest BCUT2D eigenvalue weighted by molar-refractivity contribution is 0.0529. The van der Waals surface area contributed by atoms with Gasteiger partial charge in [-0.1, -0.05) is 11.8 Å². The molecule has 0 atom stereocenters. The third-order valence-corrected chi connectivity index (χ3v) is 2.10. The van der Waals surface area contributed by atoms with Crippen LogP contribution in [0.4, 0.5) is 9.18 Å². The maximum absolute atomic E-state index is 13.0. The van der Waals surface area contributed by atoms with Crippen LogP contribution in [0.5, 0.6) is 5.75 Å². The zero-order valence-corrected chi connectivity index (χ0v) is 11.8. The molecule has 108 valence electrons. The first kappa shape index (κ1) is 15.8. The minimum atomic E-state index is -0.705. The van der Waals surface area contributed by atoms with E-state index < -0.39 is 23.3 Å². The molecule has 1 aromatic rings. The second-order valence-corrected chi connectivity index (χ2v) is 5.15. The number of ether oxygens (including phenoxy) is 1. The molecule has 0 radical (unpaired) electrons. The number of carbonyl (C=O) groups is 1. The van der Waals surface area contributed by atoms with Crippen molar-refractivity contribution in [2.24, 2.45) is 0 Å². The lowest BCUT2D eigenvalue weighted by atomic mass is 10.2. The third kappa shape index (κ3) is 6.10. The number of alkyl carbamates (subject to hydrolysis) is 1. The summed E-state index contributed by atoms with van der Waals surface area (Å²) in [6.07, 6.45) is -0.0724. The number of halogens is 1. The molecule has 0 fully saturated rings. The van der Waals surface area contributed by atoms with Gasteiger partial charge < -0.3 is 15.2 Å².